The number of anilines is 1. The minimum atomic E-state index is 0.139. The molecule has 0 saturated carbocycles. The third-order valence-corrected chi connectivity index (χ3v) is 3.16. The highest BCUT2D eigenvalue weighted by Crippen LogP contribution is 2.25. The van der Waals surface area contributed by atoms with Crippen molar-refractivity contribution in [3.05, 3.63) is 29.0 Å². The van der Waals surface area contributed by atoms with E-state index in [9.17, 15) is 0 Å². The Balaban J connectivity index is 2.48. The first kappa shape index (κ1) is 13.2. The summed E-state index contributed by atoms with van der Waals surface area (Å²) in [4.78, 5) is 10.9. The molecular formula is C13H16BrN3O. The van der Waals surface area contributed by atoms with Crippen molar-refractivity contribution >= 4 is 32.7 Å². The lowest BCUT2D eigenvalue weighted by Gasteiger charge is -2.24. The van der Waals surface area contributed by atoms with Crippen LogP contribution in [0.1, 0.15) is 13.3 Å². The fraction of sp³-hybridized carbons (Fsp3) is 0.385. The molecule has 0 fully saturated rings. The van der Waals surface area contributed by atoms with E-state index in [-0.39, 0.29) is 6.61 Å². The van der Waals surface area contributed by atoms with Crippen LogP contribution >= 0.6 is 15.9 Å². The Labute approximate surface area is 115 Å². The molecular weight excluding hydrogens is 294 g/mol. The molecule has 2 aromatic rings. The van der Waals surface area contributed by atoms with Gasteiger partial charge in [-0.3, -0.25) is 9.97 Å². The number of aromatic nitrogens is 2. The second-order valence-electron chi connectivity index (χ2n) is 4.06. The number of hydrogen-bond donors (Lipinski definition) is 1. The van der Waals surface area contributed by atoms with Gasteiger partial charge in [0.25, 0.3) is 0 Å². The summed E-state index contributed by atoms with van der Waals surface area (Å²) in [7, 11) is 0. The van der Waals surface area contributed by atoms with E-state index in [1.807, 2.05) is 12.1 Å². The van der Waals surface area contributed by atoms with Crippen LogP contribution in [0.2, 0.25) is 0 Å². The Hall–Kier alpha value is -1.20. The number of fused-ring (bicyclic) bond motifs is 1. The maximum absolute atomic E-state index is 9.16. The molecule has 18 heavy (non-hydrogen) atoms. The Bertz CT molecular complexity index is 527. The quantitative estimate of drug-likeness (QED) is 0.922. The first-order valence-electron chi connectivity index (χ1n) is 6.02. The van der Waals surface area contributed by atoms with Crippen LogP contribution in [0.3, 0.4) is 0 Å². The molecule has 0 saturated heterocycles. The maximum Gasteiger partial charge on any atom is 0.112 e. The average Bonchev–Trinajstić information content (AvgIpc) is 2.37. The van der Waals surface area contributed by atoms with Gasteiger partial charge in [0.1, 0.15) is 5.52 Å². The molecule has 0 radical (unpaired) electrons. The summed E-state index contributed by atoms with van der Waals surface area (Å²) in [6.07, 6.45) is 4.59. The highest BCUT2D eigenvalue weighted by molar-refractivity contribution is 9.10. The Morgan fingerprint density at radius 3 is 2.89 bits per heavy atom. The van der Waals surface area contributed by atoms with Gasteiger partial charge in [0.2, 0.25) is 0 Å². The second kappa shape index (κ2) is 6.11. The van der Waals surface area contributed by atoms with E-state index >= 15 is 0 Å². The molecule has 4 nitrogen and oxygen atoms in total. The van der Waals surface area contributed by atoms with Crippen LogP contribution in [0.4, 0.5) is 5.69 Å². The monoisotopic (exact) mass is 309 g/mol. The summed E-state index contributed by atoms with van der Waals surface area (Å²) >= 11 is 3.40. The molecule has 0 aliphatic carbocycles. The van der Waals surface area contributed by atoms with Gasteiger partial charge in [-0.2, -0.15) is 0 Å². The summed E-state index contributed by atoms with van der Waals surface area (Å²) in [6, 6.07) is 3.91. The number of aliphatic hydroxyl groups is 1. The van der Waals surface area contributed by atoms with Gasteiger partial charge in [-0.05, 0) is 34.5 Å². The first-order valence-corrected chi connectivity index (χ1v) is 6.81. The molecule has 0 aromatic carbocycles. The van der Waals surface area contributed by atoms with E-state index in [2.05, 4.69) is 37.7 Å². The Morgan fingerprint density at radius 1 is 1.33 bits per heavy atom. The number of aliphatic hydroxyl groups excluding tert-OH is 1. The SMILES string of the molecule is CCCN(CCO)c1ccnc2cc(Br)cnc12. The van der Waals surface area contributed by atoms with Crippen molar-refractivity contribution in [2.45, 2.75) is 13.3 Å². The van der Waals surface area contributed by atoms with E-state index in [1.165, 1.54) is 0 Å². The minimum absolute atomic E-state index is 0.139. The largest absolute Gasteiger partial charge is 0.395 e. The highest BCUT2D eigenvalue weighted by atomic mass is 79.9. The van der Waals surface area contributed by atoms with Crippen molar-refractivity contribution in [2.75, 3.05) is 24.6 Å². The van der Waals surface area contributed by atoms with Gasteiger partial charge in [-0.1, -0.05) is 6.92 Å². The lowest BCUT2D eigenvalue weighted by molar-refractivity contribution is 0.302. The van der Waals surface area contributed by atoms with E-state index in [0.29, 0.717) is 6.54 Å². The minimum Gasteiger partial charge on any atom is -0.395 e. The van der Waals surface area contributed by atoms with E-state index in [4.69, 9.17) is 5.11 Å². The Morgan fingerprint density at radius 2 is 2.17 bits per heavy atom. The van der Waals surface area contributed by atoms with Crippen LogP contribution in [0, 0.1) is 0 Å². The van der Waals surface area contributed by atoms with Gasteiger partial charge in [0.05, 0.1) is 17.8 Å². The second-order valence-corrected chi connectivity index (χ2v) is 4.98. The maximum atomic E-state index is 9.16. The molecule has 2 aromatic heterocycles. The molecule has 0 bridgehead atoms. The number of halogens is 1. The molecule has 2 heterocycles. The third-order valence-electron chi connectivity index (χ3n) is 2.73. The smallest absolute Gasteiger partial charge is 0.112 e. The van der Waals surface area contributed by atoms with Crippen LogP contribution in [-0.2, 0) is 0 Å². The standard InChI is InChI=1S/C13H16BrN3O/c1-2-5-17(6-7-18)12-3-4-15-11-8-10(14)9-16-13(11)12/h3-4,8-9,18H,2,5-7H2,1H3. The lowest BCUT2D eigenvalue weighted by Crippen LogP contribution is -2.27. The molecule has 2 rings (SSSR count). The molecule has 0 unspecified atom stereocenters. The summed E-state index contributed by atoms with van der Waals surface area (Å²) < 4.78 is 0.920. The van der Waals surface area contributed by atoms with Gasteiger partial charge in [0, 0.05) is 30.0 Å². The van der Waals surface area contributed by atoms with Gasteiger partial charge in [0.15, 0.2) is 0 Å². The normalized spacial score (nSPS) is 10.8. The molecule has 5 heteroatoms. The van der Waals surface area contributed by atoms with Gasteiger partial charge >= 0.3 is 0 Å². The van der Waals surface area contributed by atoms with Gasteiger partial charge < -0.3 is 10.0 Å². The van der Waals surface area contributed by atoms with Crippen molar-refractivity contribution in [2.24, 2.45) is 0 Å². The summed E-state index contributed by atoms with van der Waals surface area (Å²) in [5, 5.41) is 9.16. The summed E-state index contributed by atoms with van der Waals surface area (Å²) in [5.74, 6) is 0. The van der Waals surface area contributed by atoms with Crippen LogP contribution in [0.25, 0.3) is 11.0 Å². The average molecular weight is 310 g/mol. The van der Waals surface area contributed by atoms with Crippen molar-refractivity contribution in [3.8, 4) is 0 Å². The molecule has 1 N–H and O–H groups in total. The predicted octanol–water partition coefficient (Wildman–Crippen LogP) is 2.60. The van der Waals surface area contributed by atoms with E-state index in [0.717, 1.165) is 34.2 Å². The van der Waals surface area contributed by atoms with Gasteiger partial charge in [-0.15, -0.1) is 0 Å². The fourth-order valence-electron chi connectivity index (χ4n) is 1.99. The van der Waals surface area contributed by atoms with Crippen molar-refractivity contribution < 1.29 is 5.11 Å². The van der Waals surface area contributed by atoms with Crippen molar-refractivity contribution in [3.63, 3.8) is 0 Å². The number of hydrogen-bond acceptors (Lipinski definition) is 4. The van der Waals surface area contributed by atoms with Crippen molar-refractivity contribution in [1.82, 2.24) is 9.97 Å². The predicted molar refractivity (Wildman–Crippen MR) is 76.8 cm³/mol. The molecule has 0 aliphatic heterocycles. The van der Waals surface area contributed by atoms with Crippen LogP contribution in [0.5, 0.6) is 0 Å². The highest BCUT2D eigenvalue weighted by Gasteiger charge is 2.10. The summed E-state index contributed by atoms with van der Waals surface area (Å²) in [6.45, 7) is 3.78. The zero-order valence-corrected chi connectivity index (χ0v) is 11.9. The first-order chi connectivity index (χ1) is 8.76. The van der Waals surface area contributed by atoms with E-state index in [1.54, 1.807) is 12.4 Å². The number of rotatable bonds is 5. The van der Waals surface area contributed by atoms with Crippen LogP contribution < -0.4 is 4.90 Å². The molecule has 0 atom stereocenters. The third kappa shape index (κ3) is 2.79. The summed E-state index contributed by atoms with van der Waals surface area (Å²) in [5.41, 5.74) is 2.77. The number of nitrogens with zero attached hydrogens (tertiary/aromatic N) is 3. The topological polar surface area (TPSA) is 49.2 Å². The molecule has 96 valence electrons. The zero-order valence-electron chi connectivity index (χ0n) is 10.3. The Kier molecular flexibility index (Phi) is 4.49. The van der Waals surface area contributed by atoms with Crippen LogP contribution in [-0.4, -0.2) is 34.8 Å². The van der Waals surface area contributed by atoms with Crippen molar-refractivity contribution in [1.29, 1.82) is 0 Å². The van der Waals surface area contributed by atoms with E-state index < -0.39 is 0 Å². The zero-order chi connectivity index (χ0) is 13.0. The molecule has 0 spiro atoms. The molecule has 0 amide bonds. The van der Waals surface area contributed by atoms with Crippen LogP contribution in [0.15, 0.2) is 29.0 Å². The number of pyridine rings is 2. The van der Waals surface area contributed by atoms with Gasteiger partial charge in [-0.25, -0.2) is 0 Å². The molecule has 0 aliphatic rings. The fourth-order valence-corrected chi connectivity index (χ4v) is 2.31. The lowest BCUT2D eigenvalue weighted by atomic mass is 10.2.